The Hall–Kier alpha value is -3.67. The number of nitrogens with zero attached hydrogens (tertiary/aromatic N) is 3. The smallest absolute Gasteiger partial charge is 0.255 e. The van der Waals surface area contributed by atoms with Gasteiger partial charge < -0.3 is 24.8 Å². The number of methoxy groups -OCH3 is 1. The van der Waals surface area contributed by atoms with Crippen LogP contribution in [0.5, 0.6) is 17.2 Å². The number of unbranched alkanes of at least 4 members (excludes halogenated alkanes) is 3. The fourth-order valence-electron chi connectivity index (χ4n) is 5.34. The van der Waals surface area contributed by atoms with Gasteiger partial charge in [0.2, 0.25) is 11.1 Å². The Morgan fingerprint density at radius 2 is 1.85 bits per heavy atom. The first-order valence-electron chi connectivity index (χ1n) is 15.7. The van der Waals surface area contributed by atoms with Crippen LogP contribution in [0, 0.1) is 0 Å². The highest BCUT2D eigenvalue weighted by Gasteiger charge is 2.36. The topological polar surface area (TPSA) is 99.5 Å². The van der Waals surface area contributed by atoms with Crippen LogP contribution < -0.4 is 24.8 Å². The van der Waals surface area contributed by atoms with E-state index in [0.717, 1.165) is 34.9 Å². The van der Waals surface area contributed by atoms with E-state index in [4.69, 9.17) is 35.9 Å². The lowest BCUT2D eigenvalue weighted by molar-refractivity contribution is -0.113. The number of ether oxygens (including phenoxy) is 3. The first kappa shape index (κ1) is 34.7. The normalized spacial score (nSPS) is 14.0. The van der Waals surface area contributed by atoms with Crippen LogP contribution in [-0.4, -0.2) is 41.0 Å². The molecule has 47 heavy (non-hydrogen) atoms. The van der Waals surface area contributed by atoms with Crippen molar-refractivity contribution in [2.24, 2.45) is 0 Å². The van der Waals surface area contributed by atoms with E-state index in [2.05, 4.69) is 33.5 Å². The first-order chi connectivity index (χ1) is 22.8. The van der Waals surface area contributed by atoms with Crippen molar-refractivity contribution >= 4 is 56.8 Å². The molecule has 1 aliphatic rings. The van der Waals surface area contributed by atoms with Crippen LogP contribution >= 0.6 is 39.3 Å². The van der Waals surface area contributed by atoms with Crippen LogP contribution in [0.2, 0.25) is 5.02 Å². The highest BCUT2D eigenvalue weighted by Crippen LogP contribution is 2.44. The van der Waals surface area contributed by atoms with E-state index in [1.807, 2.05) is 62.4 Å². The molecule has 12 heteroatoms. The maximum absolute atomic E-state index is 14.2. The number of thioether (sulfide) groups is 1. The van der Waals surface area contributed by atoms with Gasteiger partial charge in [-0.25, -0.2) is 4.68 Å². The zero-order valence-electron chi connectivity index (χ0n) is 26.9. The molecule has 1 aliphatic heterocycles. The minimum atomic E-state index is -0.641. The van der Waals surface area contributed by atoms with Gasteiger partial charge in [-0.15, -0.1) is 5.10 Å². The lowest BCUT2D eigenvalue weighted by atomic mass is 9.94. The van der Waals surface area contributed by atoms with E-state index in [9.17, 15) is 4.79 Å². The summed E-state index contributed by atoms with van der Waals surface area (Å²) in [7, 11) is 1.57. The number of benzene rings is 3. The highest BCUT2D eigenvalue weighted by atomic mass is 79.9. The number of aromatic nitrogens is 3. The number of hydrogen-bond acceptors (Lipinski definition) is 8. The number of rotatable bonds is 15. The van der Waals surface area contributed by atoms with Crippen LogP contribution in [0.25, 0.3) is 0 Å². The summed E-state index contributed by atoms with van der Waals surface area (Å²) in [5.41, 5.74) is 3.44. The zero-order valence-corrected chi connectivity index (χ0v) is 30.1. The molecule has 2 heterocycles. The first-order valence-corrected chi connectivity index (χ1v) is 17.8. The Balaban J connectivity index is 1.54. The van der Waals surface area contributed by atoms with Gasteiger partial charge in [0.25, 0.3) is 5.91 Å². The Bertz CT molecular complexity index is 1750. The third-order valence-corrected chi connectivity index (χ3v) is 9.48. The van der Waals surface area contributed by atoms with Crippen molar-refractivity contribution in [3.63, 3.8) is 0 Å². The van der Waals surface area contributed by atoms with Crippen LogP contribution in [0.4, 0.5) is 11.6 Å². The standard InChI is InChI=1S/C35H39BrClN5O4S/c1-5-7-8-13-18-46-32-25(36)19-24(20-29(32)45-6-2)31-30(33(43)39-27-16-11-12-17-28(27)44-4)22(3)38-34-40-35(41-42(31)34)47-21-23-14-9-10-15-26(23)37/h9-12,14-17,19-20,31H,5-8,13,18,21H2,1-4H3,(H,39,43)(H,38,40,41). The number of anilines is 2. The van der Waals surface area contributed by atoms with Gasteiger partial charge in [-0.2, -0.15) is 4.98 Å². The average Bonchev–Trinajstić information content (AvgIpc) is 3.47. The number of nitrogens with one attached hydrogen (secondary N) is 2. The fraction of sp³-hybridized carbons (Fsp3) is 0.343. The summed E-state index contributed by atoms with van der Waals surface area (Å²) in [6.07, 6.45) is 4.38. The molecule has 0 radical (unpaired) electrons. The highest BCUT2D eigenvalue weighted by molar-refractivity contribution is 9.10. The van der Waals surface area contributed by atoms with E-state index in [1.54, 1.807) is 23.9 Å². The molecule has 0 fully saturated rings. The van der Waals surface area contributed by atoms with Crippen molar-refractivity contribution in [3.8, 4) is 17.2 Å². The van der Waals surface area contributed by atoms with Crippen molar-refractivity contribution in [2.45, 2.75) is 63.4 Å². The number of fused-ring (bicyclic) bond motifs is 1. The van der Waals surface area contributed by atoms with Crippen molar-refractivity contribution in [3.05, 3.63) is 92.6 Å². The Labute approximate surface area is 293 Å². The van der Waals surface area contributed by atoms with Gasteiger partial charge in [-0.3, -0.25) is 4.79 Å². The number of amides is 1. The predicted octanol–water partition coefficient (Wildman–Crippen LogP) is 9.28. The van der Waals surface area contributed by atoms with Gasteiger partial charge in [-0.1, -0.05) is 79.9 Å². The minimum Gasteiger partial charge on any atom is -0.495 e. The van der Waals surface area contributed by atoms with Gasteiger partial charge >= 0.3 is 0 Å². The molecular weight excluding hydrogens is 702 g/mol. The number of para-hydroxylation sites is 2. The van der Waals surface area contributed by atoms with Crippen molar-refractivity contribution in [1.82, 2.24) is 14.8 Å². The third kappa shape index (κ3) is 8.25. The lowest BCUT2D eigenvalue weighted by Crippen LogP contribution is -2.31. The number of hydrogen-bond donors (Lipinski definition) is 2. The third-order valence-electron chi connectivity index (χ3n) is 7.64. The number of halogens is 2. The van der Waals surface area contributed by atoms with Crippen LogP contribution in [0.1, 0.15) is 63.6 Å². The van der Waals surface area contributed by atoms with Crippen molar-refractivity contribution < 1.29 is 19.0 Å². The molecule has 1 aromatic heterocycles. The average molecular weight is 741 g/mol. The van der Waals surface area contributed by atoms with Gasteiger partial charge in [0.1, 0.15) is 11.8 Å². The largest absolute Gasteiger partial charge is 0.495 e. The van der Waals surface area contributed by atoms with Crippen molar-refractivity contribution in [1.29, 1.82) is 0 Å². The second-order valence-corrected chi connectivity index (χ2v) is 13.1. The summed E-state index contributed by atoms with van der Waals surface area (Å²) < 4.78 is 20.3. The lowest BCUT2D eigenvalue weighted by Gasteiger charge is -2.29. The van der Waals surface area contributed by atoms with Crippen LogP contribution in [0.15, 0.2) is 81.6 Å². The molecule has 0 aliphatic carbocycles. The summed E-state index contributed by atoms with van der Waals surface area (Å²) in [6, 6.07) is 18.3. The Morgan fingerprint density at radius 3 is 2.62 bits per heavy atom. The van der Waals surface area contributed by atoms with Crippen molar-refractivity contribution in [2.75, 3.05) is 31.0 Å². The molecule has 3 aromatic carbocycles. The van der Waals surface area contributed by atoms with E-state index in [1.165, 1.54) is 18.2 Å². The second-order valence-electron chi connectivity index (χ2n) is 10.9. The fourth-order valence-corrected chi connectivity index (χ4v) is 7.03. The summed E-state index contributed by atoms with van der Waals surface area (Å²) in [5, 5.41) is 12.5. The van der Waals surface area contributed by atoms with Gasteiger partial charge in [0.15, 0.2) is 11.5 Å². The van der Waals surface area contributed by atoms with E-state index >= 15 is 0 Å². The second kappa shape index (κ2) is 16.4. The quantitative estimate of drug-likeness (QED) is 0.0920. The molecule has 0 spiro atoms. The number of carbonyl (C=O) groups excluding carboxylic acids is 1. The monoisotopic (exact) mass is 739 g/mol. The molecular formula is C35H39BrClN5O4S. The van der Waals surface area contributed by atoms with Gasteiger partial charge in [0.05, 0.1) is 36.1 Å². The van der Waals surface area contributed by atoms with E-state index in [0.29, 0.717) is 69.3 Å². The molecule has 1 unspecified atom stereocenters. The summed E-state index contributed by atoms with van der Waals surface area (Å²) in [4.78, 5) is 19.0. The molecule has 2 N–H and O–H groups in total. The molecule has 4 aromatic rings. The molecule has 5 rings (SSSR count). The molecule has 248 valence electrons. The summed E-state index contributed by atoms with van der Waals surface area (Å²) in [5.74, 6) is 2.58. The van der Waals surface area contributed by atoms with Gasteiger partial charge in [0, 0.05) is 16.5 Å². The van der Waals surface area contributed by atoms with E-state index < -0.39 is 6.04 Å². The summed E-state index contributed by atoms with van der Waals surface area (Å²) in [6.45, 7) is 7.01. The maximum atomic E-state index is 14.2. The zero-order chi connectivity index (χ0) is 33.3. The maximum Gasteiger partial charge on any atom is 0.255 e. The molecule has 0 saturated carbocycles. The summed E-state index contributed by atoms with van der Waals surface area (Å²) >= 11 is 11.6. The Kier molecular flexibility index (Phi) is 12.1. The SMILES string of the molecule is CCCCCCOc1c(Br)cc(C2C(C(=O)Nc3ccccc3OC)=C(C)Nc3nc(SCc4ccccc4Cl)nn32)cc1OCC. The minimum absolute atomic E-state index is 0.304. The number of allylic oxidation sites excluding steroid dienone is 1. The van der Waals surface area contributed by atoms with E-state index in [-0.39, 0.29) is 5.91 Å². The van der Waals surface area contributed by atoms with Crippen LogP contribution in [0.3, 0.4) is 0 Å². The van der Waals surface area contributed by atoms with Gasteiger partial charge in [-0.05, 0) is 77.7 Å². The molecule has 1 atom stereocenters. The Morgan fingerprint density at radius 1 is 1.06 bits per heavy atom. The molecule has 0 bridgehead atoms. The predicted molar refractivity (Wildman–Crippen MR) is 192 cm³/mol. The molecule has 9 nitrogen and oxygen atoms in total. The number of carbonyl (C=O) groups is 1. The van der Waals surface area contributed by atoms with Crippen LogP contribution in [-0.2, 0) is 10.5 Å². The molecule has 1 amide bonds. The molecule has 0 saturated heterocycles.